The average Bonchev–Trinajstić information content (AvgIpc) is 3.01. The van der Waals surface area contributed by atoms with Crippen LogP contribution in [0.4, 0.5) is 0 Å². The van der Waals surface area contributed by atoms with E-state index in [4.69, 9.17) is 9.47 Å². The van der Waals surface area contributed by atoms with Crippen LogP contribution in [0.2, 0.25) is 0 Å². The van der Waals surface area contributed by atoms with Crippen molar-refractivity contribution >= 4 is 12.1 Å². The SMILES string of the molecule is COc1ccc(C(=O)N/N=C/c2cc(C)n(-c3c(C)cccc3C)c2C)cc1OC. The van der Waals surface area contributed by atoms with Crippen molar-refractivity contribution in [3.8, 4) is 17.2 Å². The third-order valence-electron chi connectivity index (χ3n) is 5.15. The summed E-state index contributed by atoms with van der Waals surface area (Å²) in [7, 11) is 3.08. The van der Waals surface area contributed by atoms with E-state index < -0.39 is 0 Å². The van der Waals surface area contributed by atoms with Gasteiger partial charge in [-0.2, -0.15) is 5.10 Å². The number of aryl methyl sites for hydroxylation is 3. The minimum absolute atomic E-state index is 0.323. The number of para-hydroxylation sites is 1. The summed E-state index contributed by atoms with van der Waals surface area (Å²) in [5.74, 6) is 0.735. The largest absolute Gasteiger partial charge is 0.493 e. The van der Waals surface area contributed by atoms with E-state index in [0.717, 1.165) is 17.0 Å². The maximum Gasteiger partial charge on any atom is 0.271 e. The van der Waals surface area contributed by atoms with Gasteiger partial charge in [0.15, 0.2) is 11.5 Å². The molecule has 30 heavy (non-hydrogen) atoms. The summed E-state index contributed by atoms with van der Waals surface area (Å²) in [6.07, 6.45) is 1.67. The molecule has 0 aliphatic carbocycles. The molecule has 156 valence electrons. The Kier molecular flexibility index (Phi) is 6.26. The molecule has 3 aromatic rings. The number of aromatic nitrogens is 1. The predicted octanol–water partition coefficient (Wildman–Crippen LogP) is 4.49. The van der Waals surface area contributed by atoms with Crippen molar-refractivity contribution in [2.75, 3.05) is 14.2 Å². The molecule has 0 aliphatic rings. The van der Waals surface area contributed by atoms with Crippen molar-refractivity contribution in [1.82, 2.24) is 9.99 Å². The van der Waals surface area contributed by atoms with Crippen LogP contribution in [0, 0.1) is 27.7 Å². The lowest BCUT2D eigenvalue weighted by Crippen LogP contribution is -2.17. The summed E-state index contributed by atoms with van der Waals surface area (Å²) >= 11 is 0. The highest BCUT2D eigenvalue weighted by atomic mass is 16.5. The number of rotatable bonds is 6. The van der Waals surface area contributed by atoms with Crippen LogP contribution in [0.15, 0.2) is 47.6 Å². The Bertz CT molecular complexity index is 1090. The fourth-order valence-electron chi connectivity index (χ4n) is 3.62. The van der Waals surface area contributed by atoms with Gasteiger partial charge in [0, 0.05) is 22.5 Å². The fraction of sp³-hybridized carbons (Fsp3) is 0.250. The van der Waals surface area contributed by atoms with Gasteiger partial charge in [-0.25, -0.2) is 5.43 Å². The summed E-state index contributed by atoms with van der Waals surface area (Å²) in [6, 6.07) is 13.3. The number of carbonyl (C=O) groups is 1. The molecule has 0 saturated heterocycles. The summed E-state index contributed by atoms with van der Waals surface area (Å²) in [4.78, 5) is 12.4. The topological polar surface area (TPSA) is 64.8 Å². The van der Waals surface area contributed by atoms with Crippen LogP contribution in [0.1, 0.15) is 38.4 Å². The number of hydrogen-bond donors (Lipinski definition) is 1. The van der Waals surface area contributed by atoms with E-state index in [1.807, 2.05) is 0 Å². The second-order valence-electron chi connectivity index (χ2n) is 7.17. The smallest absolute Gasteiger partial charge is 0.271 e. The van der Waals surface area contributed by atoms with Crippen molar-refractivity contribution in [2.24, 2.45) is 5.10 Å². The first-order valence-electron chi connectivity index (χ1n) is 9.68. The summed E-state index contributed by atoms with van der Waals surface area (Å²) < 4.78 is 12.7. The van der Waals surface area contributed by atoms with Crippen LogP contribution in [0.25, 0.3) is 5.69 Å². The highest BCUT2D eigenvalue weighted by Gasteiger charge is 2.14. The molecule has 0 radical (unpaired) electrons. The van der Waals surface area contributed by atoms with E-state index >= 15 is 0 Å². The van der Waals surface area contributed by atoms with E-state index in [0.29, 0.717) is 17.1 Å². The standard InChI is InChI=1S/C24H27N3O3/c1-15-8-7-9-16(2)23(15)27-17(3)12-20(18(27)4)14-25-26-24(28)19-10-11-21(29-5)22(13-19)30-6/h7-14H,1-6H3,(H,26,28)/b25-14+. The third kappa shape index (κ3) is 4.08. The zero-order chi connectivity index (χ0) is 21.8. The molecule has 0 bridgehead atoms. The van der Waals surface area contributed by atoms with Crippen molar-refractivity contribution < 1.29 is 14.3 Å². The molecule has 0 spiro atoms. The molecular weight excluding hydrogens is 378 g/mol. The van der Waals surface area contributed by atoms with Gasteiger partial charge >= 0.3 is 0 Å². The first-order valence-corrected chi connectivity index (χ1v) is 9.68. The van der Waals surface area contributed by atoms with Gasteiger partial charge in [-0.15, -0.1) is 0 Å². The Morgan fingerprint density at radius 3 is 2.27 bits per heavy atom. The molecule has 1 N–H and O–H groups in total. The van der Waals surface area contributed by atoms with E-state index in [9.17, 15) is 4.79 Å². The average molecular weight is 405 g/mol. The van der Waals surface area contributed by atoms with Crippen molar-refractivity contribution in [3.05, 3.63) is 76.1 Å². The molecule has 0 atom stereocenters. The minimum Gasteiger partial charge on any atom is -0.493 e. The van der Waals surface area contributed by atoms with Crippen LogP contribution in [-0.2, 0) is 0 Å². The maximum absolute atomic E-state index is 12.4. The van der Waals surface area contributed by atoms with E-state index in [2.05, 4.69) is 67.1 Å². The van der Waals surface area contributed by atoms with Gasteiger partial charge in [0.25, 0.3) is 5.91 Å². The molecule has 0 aliphatic heterocycles. The Hall–Kier alpha value is -3.54. The lowest BCUT2D eigenvalue weighted by Gasteiger charge is -2.15. The molecule has 1 heterocycles. The number of amides is 1. The number of hydrogen-bond acceptors (Lipinski definition) is 4. The summed E-state index contributed by atoms with van der Waals surface area (Å²) in [5, 5.41) is 4.16. The van der Waals surface area contributed by atoms with Crippen LogP contribution in [0.3, 0.4) is 0 Å². The molecule has 6 heteroatoms. The van der Waals surface area contributed by atoms with Crippen molar-refractivity contribution in [2.45, 2.75) is 27.7 Å². The van der Waals surface area contributed by atoms with Crippen LogP contribution >= 0.6 is 0 Å². The monoisotopic (exact) mass is 405 g/mol. The number of hydrazone groups is 1. The van der Waals surface area contributed by atoms with Gasteiger partial charge in [-0.3, -0.25) is 4.79 Å². The fourth-order valence-corrected chi connectivity index (χ4v) is 3.62. The highest BCUT2D eigenvalue weighted by molar-refractivity contribution is 5.95. The van der Waals surface area contributed by atoms with Crippen molar-refractivity contribution in [1.29, 1.82) is 0 Å². The van der Waals surface area contributed by atoms with Gasteiger partial charge in [-0.1, -0.05) is 18.2 Å². The van der Waals surface area contributed by atoms with Gasteiger partial charge in [0.1, 0.15) is 0 Å². The lowest BCUT2D eigenvalue weighted by molar-refractivity contribution is 0.0954. The number of methoxy groups -OCH3 is 2. The number of nitrogens with one attached hydrogen (secondary N) is 1. The second-order valence-corrected chi connectivity index (χ2v) is 7.17. The number of carbonyl (C=O) groups excluding carboxylic acids is 1. The van der Waals surface area contributed by atoms with Crippen LogP contribution < -0.4 is 14.9 Å². The zero-order valence-corrected chi connectivity index (χ0v) is 18.2. The highest BCUT2D eigenvalue weighted by Crippen LogP contribution is 2.28. The second kappa shape index (κ2) is 8.86. The minimum atomic E-state index is -0.323. The van der Waals surface area contributed by atoms with Gasteiger partial charge in [0.2, 0.25) is 0 Å². The molecule has 6 nitrogen and oxygen atoms in total. The van der Waals surface area contributed by atoms with E-state index in [1.165, 1.54) is 23.9 Å². The molecule has 2 aromatic carbocycles. The van der Waals surface area contributed by atoms with E-state index in [-0.39, 0.29) is 5.91 Å². The van der Waals surface area contributed by atoms with Crippen LogP contribution in [-0.4, -0.2) is 30.9 Å². The number of benzene rings is 2. The number of ether oxygens (including phenoxy) is 2. The Morgan fingerprint density at radius 1 is 0.967 bits per heavy atom. The summed E-state index contributed by atoms with van der Waals surface area (Å²) in [6.45, 7) is 8.34. The molecule has 0 saturated carbocycles. The summed E-state index contributed by atoms with van der Waals surface area (Å²) in [5.41, 5.74) is 9.74. The molecule has 1 amide bonds. The molecule has 3 rings (SSSR count). The predicted molar refractivity (Wildman–Crippen MR) is 119 cm³/mol. The van der Waals surface area contributed by atoms with Gasteiger partial charge in [-0.05, 0) is 63.1 Å². The van der Waals surface area contributed by atoms with Crippen molar-refractivity contribution in [3.63, 3.8) is 0 Å². The maximum atomic E-state index is 12.4. The quantitative estimate of drug-likeness (QED) is 0.485. The Morgan fingerprint density at radius 2 is 1.63 bits per heavy atom. The van der Waals surface area contributed by atoms with Gasteiger partial charge in [0.05, 0.1) is 26.1 Å². The first-order chi connectivity index (χ1) is 14.4. The van der Waals surface area contributed by atoms with E-state index in [1.54, 1.807) is 31.5 Å². The zero-order valence-electron chi connectivity index (χ0n) is 18.2. The number of nitrogens with zero attached hydrogens (tertiary/aromatic N) is 2. The first kappa shape index (κ1) is 21.2. The van der Waals surface area contributed by atoms with Crippen LogP contribution in [0.5, 0.6) is 11.5 Å². The Labute approximate surface area is 177 Å². The van der Waals surface area contributed by atoms with Gasteiger partial charge < -0.3 is 14.0 Å². The molecule has 0 fully saturated rings. The Balaban J connectivity index is 1.82. The molecular formula is C24H27N3O3. The third-order valence-corrected chi connectivity index (χ3v) is 5.15. The molecule has 0 unspecified atom stereocenters. The molecule has 1 aromatic heterocycles. The normalized spacial score (nSPS) is 11.0. The lowest BCUT2D eigenvalue weighted by atomic mass is 10.1.